The van der Waals surface area contributed by atoms with Gasteiger partial charge in [0.15, 0.2) is 0 Å². The molecular formula is C48H55Cl3N4. The summed E-state index contributed by atoms with van der Waals surface area (Å²) in [5.74, 6) is 10.4. The lowest BCUT2D eigenvalue weighted by Crippen LogP contribution is -2.19. The Hall–Kier alpha value is -4.17. The highest BCUT2D eigenvalue weighted by molar-refractivity contribution is 6.19. The molecule has 0 amide bonds. The molecule has 4 atom stereocenters. The van der Waals surface area contributed by atoms with Crippen LogP contribution in [0.4, 0.5) is 0 Å². The van der Waals surface area contributed by atoms with Crippen molar-refractivity contribution >= 4 is 36.4 Å². The van der Waals surface area contributed by atoms with Crippen LogP contribution in [0.5, 0.6) is 0 Å². The summed E-state index contributed by atoms with van der Waals surface area (Å²) in [6.45, 7) is 2.00. The number of nitrogens with one attached hydrogen (secondary N) is 3. The molecule has 4 nitrogen and oxygen atoms in total. The topological polar surface area (TPSA) is 62.1 Å². The van der Waals surface area contributed by atoms with Gasteiger partial charge in [-0.1, -0.05) is 121 Å². The number of alkyl halides is 1. The monoisotopic (exact) mass is 792 g/mol. The first-order valence-corrected chi connectivity index (χ1v) is 19.1. The predicted molar refractivity (Wildman–Crippen MR) is 239 cm³/mol. The molecule has 4 aliphatic carbocycles. The lowest BCUT2D eigenvalue weighted by Gasteiger charge is -2.10. The zero-order valence-corrected chi connectivity index (χ0v) is 34.0. The number of hydrogen-bond donors (Lipinski definition) is 4. The number of rotatable bonds is 6. The van der Waals surface area contributed by atoms with Gasteiger partial charge in [-0.15, -0.1) is 62.1 Å². The molecule has 0 aromatic heterocycles. The van der Waals surface area contributed by atoms with E-state index in [0.29, 0.717) is 49.7 Å². The number of nitrogens with two attached hydrogens (primary N) is 1. The summed E-state index contributed by atoms with van der Waals surface area (Å²) in [6.07, 6.45) is 29.7. The fraction of sp³-hybridized carbons (Fsp3) is 0.333. The van der Waals surface area contributed by atoms with Crippen molar-refractivity contribution in [3.63, 3.8) is 0 Å². The minimum absolute atomic E-state index is 0. The third-order valence-corrected chi connectivity index (χ3v) is 10.2. The first kappa shape index (κ1) is 47.0. The zero-order valence-electron chi connectivity index (χ0n) is 31.6. The van der Waals surface area contributed by atoms with Crippen molar-refractivity contribution in [2.24, 2.45) is 5.73 Å². The molecule has 0 spiro atoms. The Morgan fingerprint density at radius 2 is 0.745 bits per heavy atom. The maximum Gasteiger partial charge on any atom is 0.0832 e. The van der Waals surface area contributed by atoms with E-state index in [0.717, 1.165) is 12.8 Å². The second kappa shape index (κ2) is 26.6. The van der Waals surface area contributed by atoms with Gasteiger partial charge in [0.25, 0.3) is 0 Å². The molecule has 0 bridgehead atoms. The minimum atomic E-state index is 0. The highest BCUT2D eigenvalue weighted by Gasteiger charge is 2.22. The minimum Gasteiger partial charge on any atom is -0.324 e. The third-order valence-electron chi connectivity index (χ3n) is 10.0. The summed E-state index contributed by atoms with van der Waals surface area (Å²) in [5.41, 5.74) is 17.3. The van der Waals surface area contributed by atoms with E-state index in [1.165, 1.54) is 83.0 Å². The van der Waals surface area contributed by atoms with E-state index >= 15 is 0 Å². The number of halogens is 3. The zero-order chi connectivity index (χ0) is 37.7. The van der Waals surface area contributed by atoms with Crippen LogP contribution in [-0.4, -0.2) is 25.5 Å². The van der Waals surface area contributed by atoms with E-state index in [9.17, 15) is 0 Å². The molecule has 0 saturated heterocycles. The number of terminal acetylenes is 4. The van der Waals surface area contributed by atoms with Crippen LogP contribution in [0.3, 0.4) is 0 Å². The summed E-state index contributed by atoms with van der Waals surface area (Å²) in [6, 6.07) is 35.9. The van der Waals surface area contributed by atoms with Gasteiger partial charge >= 0.3 is 0 Å². The van der Waals surface area contributed by atoms with E-state index in [-0.39, 0.29) is 24.8 Å². The van der Waals surface area contributed by atoms with Crippen LogP contribution < -0.4 is 21.7 Å². The number of aryl methyl sites for hydroxylation is 4. The predicted octanol–water partition coefficient (Wildman–Crippen LogP) is 9.02. The van der Waals surface area contributed by atoms with Crippen LogP contribution >= 0.6 is 36.4 Å². The molecule has 288 valence electrons. The Labute approximate surface area is 348 Å². The van der Waals surface area contributed by atoms with Gasteiger partial charge in [0.05, 0.1) is 25.5 Å². The van der Waals surface area contributed by atoms with Gasteiger partial charge in [-0.3, -0.25) is 16.0 Å². The van der Waals surface area contributed by atoms with Gasteiger partial charge in [-0.25, -0.2) is 0 Å². The Balaban J connectivity index is 0.000000243. The Morgan fingerprint density at radius 1 is 0.473 bits per heavy atom. The molecular weight excluding hydrogens is 739 g/mol. The van der Waals surface area contributed by atoms with E-state index in [1.807, 2.05) is 0 Å². The third kappa shape index (κ3) is 14.4. The second-order valence-corrected chi connectivity index (χ2v) is 13.6. The van der Waals surface area contributed by atoms with Gasteiger partial charge in [-0.05, 0) is 95.9 Å². The summed E-state index contributed by atoms with van der Waals surface area (Å²) in [5, 5.41) is 10.1. The van der Waals surface area contributed by atoms with Crippen molar-refractivity contribution in [1.29, 1.82) is 0 Å². The first-order chi connectivity index (χ1) is 26.0. The molecule has 0 heterocycles. The average Bonchev–Trinajstić information content (AvgIpc) is 4.02. The maximum absolute atomic E-state index is 5.85. The van der Waals surface area contributed by atoms with Gasteiger partial charge in [-0.2, -0.15) is 0 Å². The first-order valence-electron chi connectivity index (χ1n) is 18.6. The van der Waals surface area contributed by atoms with Crippen molar-refractivity contribution in [2.45, 2.75) is 75.5 Å². The standard InChI is InChI=1S/3C12H13N.C9H11N.C3H3Cl.2ClH/c3*1-2-9-13-12-8-7-10-5-3-4-6-11(10)12;10-9-6-5-7-3-1-2-4-8(7)9;1-2-3-4;;/h3*1,3-6,12-13H,7-9H2;1-4,9H,5-6,10H2;1H,3H2;2*1H/t12-;;;;;;/m1....../s1. The van der Waals surface area contributed by atoms with E-state index < -0.39 is 0 Å². The smallest absolute Gasteiger partial charge is 0.0832 e. The van der Waals surface area contributed by atoms with Crippen LogP contribution in [0.25, 0.3) is 0 Å². The van der Waals surface area contributed by atoms with Crippen LogP contribution in [0.2, 0.25) is 0 Å². The SMILES string of the molecule is C#CCCl.C#CCNC1CCc2ccccc21.C#CCNC1CCc2ccccc21.C#CCN[C@@H]1CCc2ccccc21.Cl.Cl.NC1CCc2ccccc21. The van der Waals surface area contributed by atoms with Gasteiger partial charge in [0.1, 0.15) is 0 Å². The summed E-state index contributed by atoms with van der Waals surface area (Å²) >= 11 is 4.95. The van der Waals surface area contributed by atoms with Crippen molar-refractivity contribution in [1.82, 2.24) is 16.0 Å². The van der Waals surface area contributed by atoms with Crippen molar-refractivity contribution < 1.29 is 0 Å². The van der Waals surface area contributed by atoms with Crippen molar-refractivity contribution in [3.8, 4) is 49.4 Å². The van der Waals surface area contributed by atoms with E-state index in [1.54, 1.807) is 0 Å². The number of hydrogen-bond acceptors (Lipinski definition) is 4. The Bertz CT molecular complexity index is 1730. The van der Waals surface area contributed by atoms with Crippen molar-refractivity contribution in [2.75, 3.05) is 25.5 Å². The molecule has 55 heavy (non-hydrogen) atoms. The molecule has 0 aliphatic heterocycles. The van der Waals surface area contributed by atoms with E-state index in [2.05, 4.69) is 143 Å². The van der Waals surface area contributed by atoms with E-state index in [4.69, 9.17) is 36.6 Å². The Morgan fingerprint density at radius 3 is 1.04 bits per heavy atom. The van der Waals surface area contributed by atoms with Crippen LogP contribution in [-0.2, 0) is 25.7 Å². The summed E-state index contributed by atoms with van der Waals surface area (Å²) in [4.78, 5) is 0. The molecule has 7 heteroatoms. The molecule has 0 radical (unpaired) electrons. The van der Waals surface area contributed by atoms with Gasteiger partial charge in [0, 0.05) is 24.2 Å². The summed E-state index contributed by atoms with van der Waals surface area (Å²) in [7, 11) is 0. The van der Waals surface area contributed by atoms with Crippen LogP contribution in [0.15, 0.2) is 97.1 Å². The largest absolute Gasteiger partial charge is 0.324 e. The highest BCUT2D eigenvalue weighted by atomic mass is 35.5. The van der Waals surface area contributed by atoms with Crippen LogP contribution in [0.1, 0.15) is 94.4 Å². The lowest BCUT2D eigenvalue weighted by atomic mass is 10.1. The molecule has 4 aliphatic rings. The second-order valence-electron chi connectivity index (χ2n) is 13.3. The van der Waals surface area contributed by atoms with Gasteiger partial charge in [0.2, 0.25) is 0 Å². The highest BCUT2D eigenvalue weighted by Crippen LogP contribution is 2.32. The summed E-state index contributed by atoms with van der Waals surface area (Å²) < 4.78 is 0. The van der Waals surface area contributed by atoms with Crippen LogP contribution in [0, 0.1) is 49.4 Å². The molecule has 5 N–H and O–H groups in total. The molecule has 3 unspecified atom stereocenters. The fourth-order valence-corrected chi connectivity index (χ4v) is 7.44. The maximum atomic E-state index is 5.85. The average molecular weight is 794 g/mol. The van der Waals surface area contributed by atoms with Crippen molar-refractivity contribution in [3.05, 3.63) is 142 Å². The number of benzene rings is 4. The molecule has 0 saturated carbocycles. The normalized spacial score (nSPS) is 18.3. The van der Waals surface area contributed by atoms with Gasteiger partial charge < -0.3 is 5.73 Å². The number of fused-ring (bicyclic) bond motifs is 4. The molecule has 0 fully saturated rings. The Kier molecular flexibility index (Phi) is 22.7. The molecule has 4 aromatic rings. The fourth-order valence-electron chi connectivity index (χ4n) is 7.44. The molecule has 4 aromatic carbocycles. The lowest BCUT2D eigenvalue weighted by molar-refractivity contribution is 0.568. The quantitative estimate of drug-likeness (QED) is 0.116. The molecule has 8 rings (SSSR count).